The largest absolute Gasteiger partial charge is 0.390 e. The molecule has 1 aliphatic carbocycles. The van der Waals surface area contributed by atoms with Crippen LogP contribution < -0.4 is 5.32 Å². The average molecular weight is 375 g/mol. The van der Waals surface area contributed by atoms with Crippen molar-refractivity contribution in [3.63, 3.8) is 0 Å². The molecule has 2 aromatic heterocycles. The Morgan fingerprint density at radius 3 is 2.79 bits per heavy atom. The summed E-state index contributed by atoms with van der Waals surface area (Å²) in [4.78, 5) is 19.7. The molecular weight excluding hydrogens is 350 g/mol. The normalized spacial score (nSPS) is 17.8. The van der Waals surface area contributed by atoms with Gasteiger partial charge in [0.05, 0.1) is 23.7 Å². The Morgan fingerprint density at radius 2 is 2.07 bits per heavy atom. The fourth-order valence-corrected chi connectivity index (χ4v) is 4.21. The van der Waals surface area contributed by atoms with Gasteiger partial charge in [0.1, 0.15) is 6.29 Å². The van der Waals surface area contributed by atoms with E-state index in [1.807, 2.05) is 42.5 Å². The van der Waals surface area contributed by atoms with Gasteiger partial charge in [-0.1, -0.05) is 32.0 Å². The van der Waals surface area contributed by atoms with Crippen LogP contribution in [0.15, 0.2) is 48.7 Å². The van der Waals surface area contributed by atoms with Crippen LogP contribution in [0.1, 0.15) is 43.1 Å². The number of rotatable bonds is 5. The van der Waals surface area contributed by atoms with Gasteiger partial charge in [-0.15, -0.1) is 0 Å². The zero-order valence-corrected chi connectivity index (χ0v) is 16.2. The van der Waals surface area contributed by atoms with Crippen LogP contribution >= 0.6 is 0 Å². The van der Waals surface area contributed by atoms with Crippen molar-refractivity contribution in [2.45, 2.75) is 39.2 Å². The van der Waals surface area contributed by atoms with E-state index in [4.69, 9.17) is 0 Å². The fraction of sp³-hybridized carbons (Fsp3) is 0.304. The first kappa shape index (κ1) is 18.4. The molecule has 2 heterocycles. The summed E-state index contributed by atoms with van der Waals surface area (Å²) in [5, 5.41) is 13.0. The van der Waals surface area contributed by atoms with E-state index in [0.717, 1.165) is 53.0 Å². The number of H-pyrrole nitrogens is 1. The number of aliphatic hydroxyl groups excluding tert-OH is 1. The Kier molecular flexibility index (Phi) is 4.77. The van der Waals surface area contributed by atoms with Crippen LogP contribution in [0.2, 0.25) is 0 Å². The molecule has 1 aliphatic rings. The Labute approximate surface area is 164 Å². The van der Waals surface area contributed by atoms with Crippen LogP contribution in [0.4, 0.5) is 11.4 Å². The number of aldehydes is 1. The van der Waals surface area contributed by atoms with Crippen molar-refractivity contribution >= 4 is 17.7 Å². The van der Waals surface area contributed by atoms with Crippen LogP contribution in [-0.4, -0.2) is 21.4 Å². The Morgan fingerprint density at radius 1 is 1.29 bits per heavy atom. The standard InChI is InChI=1S/C23H25N3O2/c1-23(2)11-16(13-27)20-19(12-23)26-21(15-8-9-24-18(10-15)14-28)22(20)25-17-6-4-3-5-7-17/h3-10,13,16,25-26,28H,11-12,14H2,1-2H3. The van der Waals surface area contributed by atoms with E-state index < -0.39 is 0 Å². The Bertz CT molecular complexity index is 992. The van der Waals surface area contributed by atoms with E-state index >= 15 is 0 Å². The molecule has 0 bridgehead atoms. The molecule has 0 fully saturated rings. The Hall–Kier alpha value is -2.92. The third-order valence-corrected chi connectivity index (χ3v) is 5.39. The van der Waals surface area contributed by atoms with Crippen molar-refractivity contribution < 1.29 is 9.90 Å². The Balaban J connectivity index is 1.90. The van der Waals surface area contributed by atoms with Crippen LogP contribution in [-0.2, 0) is 17.8 Å². The number of anilines is 2. The second kappa shape index (κ2) is 7.24. The van der Waals surface area contributed by atoms with Crippen molar-refractivity contribution in [3.8, 4) is 11.3 Å². The molecule has 0 spiro atoms. The molecule has 4 rings (SSSR count). The maximum absolute atomic E-state index is 12.0. The number of aliphatic hydroxyl groups is 1. The van der Waals surface area contributed by atoms with Gasteiger partial charge < -0.3 is 20.2 Å². The molecule has 28 heavy (non-hydrogen) atoms. The summed E-state index contributed by atoms with van der Waals surface area (Å²) in [5.41, 5.74) is 6.59. The molecule has 0 amide bonds. The quantitative estimate of drug-likeness (QED) is 0.571. The summed E-state index contributed by atoms with van der Waals surface area (Å²) in [5.74, 6) is -0.158. The van der Waals surface area contributed by atoms with Crippen molar-refractivity contribution in [1.82, 2.24) is 9.97 Å². The number of hydrogen-bond acceptors (Lipinski definition) is 4. The summed E-state index contributed by atoms with van der Waals surface area (Å²) in [6, 6.07) is 13.8. The van der Waals surface area contributed by atoms with Crippen LogP contribution in [0.5, 0.6) is 0 Å². The van der Waals surface area contributed by atoms with E-state index in [0.29, 0.717) is 5.69 Å². The number of carbonyl (C=O) groups excluding carboxylic acids is 1. The van der Waals surface area contributed by atoms with Crippen LogP contribution in [0.25, 0.3) is 11.3 Å². The molecule has 3 aromatic rings. The minimum atomic E-state index is -0.158. The molecule has 0 aliphatic heterocycles. The molecule has 5 nitrogen and oxygen atoms in total. The third-order valence-electron chi connectivity index (χ3n) is 5.39. The number of fused-ring (bicyclic) bond motifs is 1. The number of aromatic amines is 1. The summed E-state index contributed by atoms with van der Waals surface area (Å²) < 4.78 is 0. The first-order chi connectivity index (χ1) is 13.5. The summed E-state index contributed by atoms with van der Waals surface area (Å²) >= 11 is 0. The van der Waals surface area contributed by atoms with Gasteiger partial charge in [-0.05, 0) is 42.5 Å². The summed E-state index contributed by atoms with van der Waals surface area (Å²) in [6.07, 6.45) is 4.48. The van der Waals surface area contributed by atoms with Gasteiger partial charge in [-0.3, -0.25) is 4.98 Å². The highest BCUT2D eigenvalue weighted by molar-refractivity contribution is 5.86. The lowest BCUT2D eigenvalue weighted by Gasteiger charge is -2.33. The highest BCUT2D eigenvalue weighted by atomic mass is 16.3. The number of hydrogen-bond donors (Lipinski definition) is 3. The van der Waals surface area contributed by atoms with Crippen molar-refractivity contribution in [3.05, 3.63) is 65.6 Å². The SMILES string of the molecule is CC1(C)Cc2[nH]c(-c3ccnc(CO)c3)c(Nc3ccccc3)c2C(C=O)C1. The molecule has 1 atom stereocenters. The highest BCUT2D eigenvalue weighted by Crippen LogP contribution is 2.48. The lowest BCUT2D eigenvalue weighted by Crippen LogP contribution is -2.26. The van der Waals surface area contributed by atoms with Gasteiger partial charge in [-0.25, -0.2) is 0 Å². The van der Waals surface area contributed by atoms with E-state index in [9.17, 15) is 9.90 Å². The van der Waals surface area contributed by atoms with Crippen molar-refractivity contribution in [2.24, 2.45) is 5.41 Å². The van der Waals surface area contributed by atoms with E-state index in [1.165, 1.54) is 0 Å². The van der Waals surface area contributed by atoms with Crippen LogP contribution in [0, 0.1) is 5.41 Å². The molecule has 1 aromatic carbocycles. The molecule has 3 N–H and O–H groups in total. The zero-order valence-electron chi connectivity index (χ0n) is 16.2. The number of aromatic nitrogens is 2. The number of nitrogens with one attached hydrogen (secondary N) is 2. The number of benzene rings is 1. The van der Waals surface area contributed by atoms with Gasteiger partial charge in [0.25, 0.3) is 0 Å². The van der Waals surface area contributed by atoms with Gasteiger partial charge in [0, 0.05) is 34.6 Å². The molecule has 144 valence electrons. The van der Waals surface area contributed by atoms with Crippen molar-refractivity contribution in [2.75, 3.05) is 5.32 Å². The lowest BCUT2D eigenvalue weighted by atomic mass is 9.71. The molecular formula is C23H25N3O2. The predicted octanol–water partition coefficient (Wildman–Crippen LogP) is 4.57. The molecule has 0 saturated carbocycles. The molecule has 0 saturated heterocycles. The molecule has 5 heteroatoms. The summed E-state index contributed by atoms with van der Waals surface area (Å²) in [6.45, 7) is 4.29. The van der Waals surface area contributed by atoms with Crippen molar-refractivity contribution in [1.29, 1.82) is 0 Å². The van der Waals surface area contributed by atoms with Gasteiger partial charge in [0.15, 0.2) is 0 Å². The number of nitrogens with zero attached hydrogens (tertiary/aromatic N) is 1. The fourth-order valence-electron chi connectivity index (χ4n) is 4.21. The van der Waals surface area contributed by atoms with Gasteiger partial charge in [0.2, 0.25) is 0 Å². The lowest BCUT2D eigenvalue weighted by molar-refractivity contribution is -0.109. The average Bonchev–Trinajstić information content (AvgIpc) is 3.05. The first-order valence-corrected chi connectivity index (χ1v) is 9.59. The second-order valence-electron chi connectivity index (χ2n) is 8.24. The van der Waals surface area contributed by atoms with Crippen LogP contribution in [0.3, 0.4) is 0 Å². The van der Waals surface area contributed by atoms with E-state index in [2.05, 4.69) is 29.1 Å². The summed E-state index contributed by atoms with van der Waals surface area (Å²) in [7, 11) is 0. The smallest absolute Gasteiger partial charge is 0.127 e. The second-order valence-corrected chi connectivity index (χ2v) is 8.24. The number of carbonyl (C=O) groups is 1. The predicted molar refractivity (Wildman–Crippen MR) is 111 cm³/mol. The topological polar surface area (TPSA) is 78.0 Å². The van der Waals surface area contributed by atoms with E-state index in [-0.39, 0.29) is 17.9 Å². The van der Waals surface area contributed by atoms with E-state index in [1.54, 1.807) is 6.20 Å². The maximum Gasteiger partial charge on any atom is 0.127 e. The number of para-hydroxylation sites is 1. The van der Waals surface area contributed by atoms with Gasteiger partial charge in [-0.2, -0.15) is 0 Å². The maximum atomic E-state index is 12.0. The zero-order chi connectivity index (χ0) is 19.7. The minimum absolute atomic E-state index is 0.0548. The third kappa shape index (κ3) is 3.45. The highest BCUT2D eigenvalue weighted by Gasteiger charge is 2.36. The minimum Gasteiger partial charge on any atom is -0.390 e. The molecule has 0 radical (unpaired) electrons. The number of pyridine rings is 1. The first-order valence-electron chi connectivity index (χ1n) is 9.59. The van der Waals surface area contributed by atoms with Gasteiger partial charge >= 0.3 is 0 Å². The molecule has 1 unspecified atom stereocenters. The monoisotopic (exact) mass is 375 g/mol.